The van der Waals surface area contributed by atoms with E-state index in [2.05, 4.69) is 10.3 Å². The van der Waals surface area contributed by atoms with Crippen molar-refractivity contribution < 1.29 is 13.6 Å². The summed E-state index contributed by atoms with van der Waals surface area (Å²) in [5.74, 6) is -1.76. The smallest absolute Gasteiger partial charge is 0.228 e. The molecule has 0 aliphatic rings. The third kappa shape index (κ3) is 3.09. The number of aromatic nitrogens is 1. The summed E-state index contributed by atoms with van der Waals surface area (Å²) in [5.41, 5.74) is 0.850. The zero-order valence-electron chi connectivity index (χ0n) is 11.5. The van der Waals surface area contributed by atoms with Crippen molar-refractivity contribution in [3.05, 3.63) is 72.1 Å². The van der Waals surface area contributed by atoms with Crippen LogP contribution in [0.25, 0.3) is 10.8 Å². The molecule has 3 nitrogen and oxygen atoms in total. The predicted octanol–water partition coefficient (Wildman–Crippen LogP) is 3.69. The van der Waals surface area contributed by atoms with Crippen molar-refractivity contribution in [2.45, 2.75) is 6.42 Å². The van der Waals surface area contributed by atoms with Gasteiger partial charge in [0.2, 0.25) is 5.91 Å². The second-order valence-corrected chi connectivity index (χ2v) is 4.91. The summed E-state index contributed by atoms with van der Waals surface area (Å²) >= 11 is 0. The van der Waals surface area contributed by atoms with E-state index in [1.54, 1.807) is 12.4 Å². The minimum atomic E-state index is -0.699. The van der Waals surface area contributed by atoms with Crippen molar-refractivity contribution in [3.63, 3.8) is 0 Å². The number of pyridine rings is 1. The van der Waals surface area contributed by atoms with Crippen LogP contribution in [0.5, 0.6) is 0 Å². The number of carbonyl (C=O) groups is 1. The van der Waals surface area contributed by atoms with E-state index >= 15 is 0 Å². The maximum atomic E-state index is 13.1. The van der Waals surface area contributed by atoms with E-state index in [9.17, 15) is 13.6 Å². The van der Waals surface area contributed by atoms with Gasteiger partial charge in [0.15, 0.2) is 0 Å². The lowest BCUT2D eigenvalue weighted by Crippen LogP contribution is -2.15. The highest BCUT2D eigenvalue weighted by molar-refractivity contribution is 6.02. The number of anilines is 1. The zero-order chi connectivity index (χ0) is 15.5. The molecule has 1 amide bonds. The van der Waals surface area contributed by atoms with Gasteiger partial charge < -0.3 is 5.32 Å². The van der Waals surface area contributed by atoms with Crippen molar-refractivity contribution in [2.75, 3.05) is 5.32 Å². The minimum Gasteiger partial charge on any atom is -0.324 e. The van der Waals surface area contributed by atoms with Crippen molar-refractivity contribution >= 4 is 22.4 Å². The van der Waals surface area contributed by atoms with Crippen LogP contribution in [0, 0.1) is 11.6 Å². The van der Waals surface area contributed by atoms with Gasteiger partial charge in [-0.25, -0.2) is 8.78 Å². The van der Waals surface area contributed by atoms with Gasteiger partial charge in [-0.1, -0.05) is 24.3 Å². The molecule has 0 radical (unpaired) electrons. The molecular weight excluding hydrogens is 286 g/mol. The maximum Gasteiger partial charge on any atom is 0.228 e. The minimum absolute atomic E-state index is 0.113. The van der Waals surface area contributed by atoms with E-state index in [0.29, 0.717) is 5.69 Å². The van der Waals surface area contributed by atoms with E-state index in [4.69, 9.17) is 0 Å². The van der Waals surface area contributed by atoms with Crippen molar-refractivity contribution in [1.82, 2.24) is 4.98 Å². The second-order valence-electron chi connectivity index (χ2n) is 4.91. The van der Waals surface area contributed by atoms with Crippen LogP contribution in [0.1, 0.15) is 5.56 Å². The van der Waals surface area contributed by atoms with E-state index in [1.165, 1.54) is 0 Å². The lowest BCUT2D eigenvalue weighted by atomic mass is 10.1. The molecule has 1 heterocycles. The molecule has 5 heteroatoms. The number of benzene rings is 2. The molecule has 0 unspecified atom stereocenters. The highest BCUT2D eigenvalue weighted by Crippen LogP contribution is 2.21. The molecule has 0 fully saturated rings. The summed E-state index contributed by atoms with van der Waals surface area (Å²) in [5, 5.41) is 4.48. The van der Waals surface area contributed by atoms with Crippen LogP contribution in [0.2, 0.25) is 0 Å². The molecule has 0 bridgehead atoms. The molecule has 22 heavy (non-hydrogen) atoms. The average molecular weight is 298 g/mol. The predicted molar refractivity (Wildman–Crippen MR) is 80.4 cm³/mol. The first-order chi connectivity index (χ1) is 10.6. The Morgan fingerprint density at radius 1 is 1.05 bits per heavy atom. The number of halogens is 2. The molecule has 0 atom stereocenters. The van der Waals surface area contributed by atoms with Gasteiger partial charge in [0.25, 0.3) is 0 Å². The van der Waals surface area contributed by atoms with Gasteiger partial charge in [0.1, 0.15) is 11.6 Å². The van der Waals surface area contributed by atoms with E-state index in [1.807, 2.05) is 24.3 Å². The Morgan fingerprint density at radius 2 is 1.77 bits per heavy atom. The fourth-order valence-corrected chi connectivity index (χ4v) is 2.31. The molecule has 110 valence electrons. The number of nitrogens with zero attached hydrogens (tertiary/aromatic N) is 1. The Labute approximate surface area is 125 Å². The van der Waals surface area contributed by atoms with Gasteiger partial charge in [-0.15, -0.1) is 0 Å². The molecule has 1 N–H and O–H groups in total. The zero-order valence-corrected chi connectivity index (χ0v) is 11.5. The van der Waals surface area contributed by atoms with Gasteiger partial charge in [0, 0.05) is 23.0 Å². The highest BCUT2D eigenvalue weighted by atomic mass is 19.1. The van der Waals surface area contributed by atoms with Crippen LogP contribution >= 0.6 is 0 Å². The molecular formula is C17H12F2N2O. The molecule has 3 aromatic rings. The molecule has 0 aliphatic carbocycles. The Balaban J connectivity index is 1.81. The van der Waals surface area contributed by atoms with Gasteiger partial charge in [0.05, 0.1) is 18.3 Å². The summed E-state index contributed by atoms with van der Waals surface area (Å²) in [6.07, 6.45) is 3.14. The van der Waals surface area contributed by atoms with E-state index < -0.39 is 11.6 Å². The van der Waals surface area contributed by atoms with Gasteiger partial charge in [-0.2, -0.15) is 0 Å². The summed E-state index contributed by atoms with van der Waals surface area (Å²) in [7, 11) is 0. The quantitative estimate of drug-likeness (QED) is 0.801. The molecule has 2 aromatic carbocycles. The van der Waals surface area contributed by atoms with Crippen LogP contribution in [-0.4, -0.2) is 10.9 Å². The average Bonchev–Trinajstić information content (AvgIpc) is 2.46. The normalized spacial score (nSPS) is 10.6. The first-order valence-electron chi connectivity index (χ1n) is 6.69. The Morgan fingerprint density at radius 3 is 2.55 bits per heavy atom. The number of hydrogen-bond donors (Lipinski definition) is 1. The molecule has 0 aliphatic heterocycles. The maximum absolute atomic E-state index is 13.1. The van der Waals surface area contributed by atoms with Crippen LogP contribution in [0.3, 0.4) is 0 Å². The summed E-state index contributed by atoms with van der Waals surface area (Å²) < 4.78 is 26.3. The number of hydrogen-bond acceptors (Lipinski definition) is 2. The summed E-state index contributed by atoms with van der Waals surface area (Å²) in [4.78, 5) is 16.1. The molecule has 0 saturated heterocycles. The van der Waals surface area contributed by atoms with Crippen LogP contribution in [0.15, 0.2) is 54.9 Å². The number of carbonyl (C=O) groups excluding carboxylic acids is 1. The first-order valence-corrected chi connectivity index (χ1v) is 6.69. The van der Waals surface area contributed by atoms with Crippen molar-refractivity contribution in [1.29, 1.82) is 0 Å². The summed E-state index contributed by atoms with van der Waals surface area (Å²) in [6.45, 7) is 0. The van der Waals surface area contributed by atoms with E-state index in [-0.39, 0.29) is 17.9 Å². The lowest BCUT2D eigenvalue weighted by Gasteiger charge is -2.08. The second kappa shape index (κ2) is 5.89. The largest absolute Gasteiger partial charge is 0.324 e. The van der Waals surface area contributed by atoms with Crippen LogP contribution < -0.4 is 5.32 Å². The molecule has 0 spiro atoms. The number of amides is 1. The third-order valence-corrected chi connectivity index (χ3v) is 3.23. The van der Waals surface area contributed by atoms with Crippen molar-refractivity contribution in [3.8, 4) is 0 Å². The fourth-order valence-electron chi connectivity index (χ4n) is 2.31. The monoisotopic (exact) mass is 298 g/mol. The number of nitrogens with one attached hydrogen (secondary N) is 1. The number of rotatable bonds is 3. The van der Waals surface area contributed by atoms with Gasteiger partial charge in [-0.05, 0) is 17.7 Å². The molecule has 3 rings (SSSR count). The third-order valence-electron chi connectivity index (χ3n) is 3.23. The lowest BCUT2D eigenvalue weighted by molar-refractivity contribution is -0.115. The van der Waals surface area contributed by atoms with E-state index in [0.717, 1.165) is 29.0 Å². The first kappa shape index (κ1) is 14.1. The van der Waals surface area contributed by atoms with Crippen LogP contribution in [-0.2, 0) is 11.2 Å². The molecule has 1 aromatic heterocycles. The van der Waals surface area contributed by atoms with Gasteiger partial charge >= 0.3 is 0 Å². The topological polar surface area (TPSA) is 42.0 Å². The fraction of sp³-hybridized carbons (Fsp3) is 0.0588. The SMILES string of the molecule is O=C(Cc1cc(F)cc(F)c1)Nc1cncc2ccccc12. The summed E-state index contributed by atoms with van der Waals surface area (Å²) in [6, 6.07) is 10.6. The van der Waals surface area contributed by atoms with Crippen LogP contribution in [0.4, 0.5) is 14.5 Å². The Hall–Kier alpha value is -2.82. The highest BCUT2D eigenvalue weighted by Gasteiger charge is 2.09. The Bertz CT molecular complexity index is 823. The van der Waals surface area contributed by atoms with Crippen molar-refractivity contribution in [2.24, 2.45) is 0 Å². The standard InChI is InChI=1S/C17H12F2N2O/c18-13-5-11(6-14(19)8-13)7-17(22)21-16-10-20-9-12-3-1-2-4-15(12)16/h1-6,8-10H,7H2,(H,21,22). The molecule has 0 saturated carbocycles. The Kier molecular flexibility index (Phi) is 3.78. The van der Waals surface area contributed by atoms with Gasteiger partial charge in [-0.3, -0.25) is 9.78 Å². The number of fused-ring (bicyclic) bond motifs is 1.